The molecule has 1 unspecified atom stereocenters. The maximum absolute atomic E-state index is 14.3. The van der Waals surface area contributed by atoms with E-state index in [0.717, 1.165) is 22.8 Å². The molecule has 0 saturated heterocycles. The van der Waals surface area contributed by atoms with Crippen molar-refractivity contribution in [2.45, 2.75) is 24.6 Å². The summed E-state index contributed by atoms with van der Waals surface area (Å²) >= 11 is 0. The molecule has 6 nitrogen and oxygen atoms in total. The summed E-state index contributed by atoms with van der Waals surface area (Å²) in [5, 5.41) is 2.33. The number of carbonyl (C=O) groups is 2. The largest absolute Gasteiger partial charge is 0.328 e. The molecule has 10 heteroatoms. The highest BCUT2D eigenvalue weighted by Crippen LogP contribution is 2.63. The summed E-state index contributed by atoms with van der Waals surface area (Å²) < 4.78 is 41.5. The van der Waals surface area contributed by atoms with E-state index in [-0.39, 0.29) is 24.5 Å². The monoisotopic (exact) mass is 387 g/mol. The minimum atomic E-state index is -2.94. The van der Waals surface area contributed by atoms with Gasteiger partial charge >= 0.3 is 0 Å². The summed E-state index contributed by atoms with van der Waals surface area (Å²) in [6.45, 7) is 1.10. The molecular formula is C18H15BF3N4O2. The Balaban J connectivity index is 1.58. The first kappa shape index (κ1) is 18.5. The van der Waals surface area contributed by atoms with E-state index in [1.165, 1.54) is 6.07 Å². The van der Waals surface area contributed by atoms with Gasteiger partial charge in [-0.05, 0) is 11.6 Å². The number of alkyl halides is 2. The smallest absolute Gasteiger partial charge is 0.260 e. The lowest BCUT2D eigenvalue weighted by Gasteiger charge is -2.34. The molecule has 1 N–H and O–H groups in total. The van der Waals surface area contributed by atoms with Gasteiger partial charge in [-0.1, -0.05) is 24.4 Å². The van der Waals surface area contributed by atoms with Crippen LogP contribution in [0.2, 0.25) is 6.82 Å². The van der Waals surface area contributed by atoms with E-state index in [2.05, 4.69) is 15.3 Å². The Morgan fingerprint density at radius 1 is 1.32 bits per heavy atom. The van der Waals surface area contributed by atoms with Crippen molar-refractivity contribution in [2.24, 2.45) is 0 Å². The molecule has 0 bridgehead atoms. The fourth-order valence-electron chi connectivity index (χ4n) is 3.62. The predicted octanol–water partition coefficient (Wildman–Crippen LogP) is 1.36. The van der Waals surface area contributed by atoms with Crippen molar-refractivity contribution < 1.29 is 22.8 Å². The SMILES string of the molecule is C[B]c1ccc2c(c1)C1(CN(CC(=O)Nc3ncc(F)cn3)C2=O)CC1(F)F. The number of nitrogens with zero attached hydrogens (tertiary/aromatic N) is 3. The molecule has 1 aliphatic heterocycles. The molecule has 2 heterocycles. The summed E-state index contributed by atoms with van der Waals surface area (Å²) in [6.07, 6.45) is 1.40. The van der Waals surface area contributed by atoms with Crippen LogP contribution >= 0.6 is 0 Å². The van der Waals surface area contributed by atoms with Crippen LogP contribution in [0, 0.1) is 5.82 Å². The van der Waals surface area contributed by atoms with Crippen LogP contribution in [0.4, 0.5) is 19.1 Å². The van der Waals surface area contributed by atoms with E-state index in [1.54, 1.807) is 26.2 Å². The summed E-state index contributed by atoms with van der Waals surface area (Å²) in [4.78, 5) is 33.3. The molecule has 1 saturated carbocycles. The van der Waals surface area contributed by atoms with Gasteiger partial charge in [0, 0.05) is 18.5 Å². The highest BCUT2D eigenvalue weighted by atomic mass is 19.3. The molecule has 1 aliphatic carbocycles. The van der Waals surface area contributed by atoms with E-state index in [4.69, 9.17) is 0 Å². The number of hydrogen-bond donors (Lipinski definition) is 1. The predicted molar refractivity (Wildman–Crippen MR) is 95.5 cm³/mol. The Morgan fingerprint density at radius 2 is 2.00 bits per heavy atom. The second-order valence-electron chi connectivity index (χ2n) is 6.99. The van der Waals surface area contributed by atoms with Crippen LogP contribution in [0.3, 0.4) is 0 Å². The van der Waals surface area contributed by atoms with Gasteiger partial charge in [0.2, 0.25) is 11.9 Å². The summed E-state index contributed by atoms with van der Waals surface area (Å²) in [7, 11) is 1.78. The number of aromatic nitrogens is 2. The number of halogens is 3. The van der Waals surface area contributed by atoms with E-state index >= 15 is 0 Å². The van der Waals surface area contributed by atoms with Gasteiger partial charge in [0.1, 0.15) is 13.8 Å². The molecule has 1 radical (unpaired) electrons. The number of nitrogens with one attached hydrogen (secondary N) is 1. The molecule has 1 spiro atoms. The van der Waals surface area contributed by atoms with E-state index in [9.17, 15) is 22.8 Å². The third-order valence-electron chi connectivity index (χ3n) is 5.18. The van der Waals surface area contributed by atoms with Crippen LogP contribution in [0.25, 0.3) is 0 Å². The molecule has 1 aromatic carbocycles. The Hall–Kier alpha value is -2.91. The van der Waals surface area contributed by atoms with E-state index in [0.29, 0.717) is 5.56 Å². The van der Waals surface area contributed by atoms with Crippen molar-refractivity contribution in [3.63, 3.8) is 0 Å². The van der Waals surface area contributed by atoms with Crippen LogP contribution in [0.5, 0.6) is 0 Å². The lowest BCUT2D eigenvalue weighted by molar-refractivity contribution is -0.117. The molecule has 28 heavy (non-hydrogen) atoms. The Bertz CT molecular complexity index is 970. The first-order valence-electron chi connectivity index (χ1n) is 8.64. The van der Waals surface area contributed by atoms with Crippen molar-refractivity contribution in [2.75, 3.05) is 18.4 Å². The first-order chi connectivity index (χ1) is 13.3. The zero-order valence-corrected chi connectivity index (χ0v) is 14.9. The lowest BCUT2D eigenvalue weighted by atomic mass is 9.70. The van der Waals surface area contributed by atoms with Crippen molar-refractivity contribution in [3.8, 4) is 0 Å². The van der Waals surface area contributed by atoms with Gasteiger partial charge in [0.15, 0.2) is 5.82 Å². The molecule has 4 rings (SSSR count). The molecule has 143 valence electrons. The highest BCUT2D eigenvalue weighted by molar-refractivity contribution is 6.52. The van der Waals surface area contributed by atoms with Gasteiger partial charge in [0.25, 0.3) is 11.8 Å². The number of hydrogen-bond acceptors (Lipinski definition) is 4. The van der Waals surface area contributed by atoms with Gasteiger partial charge in [-0.2, -0.15) is 0 Å². The van der Waals surface area contributed by atoms with Gasteiger partial charge in [-0.25, -0.2) is 23.1 Å². The van der Waals surface area contributed by atoms with Crippen LogP contribution < -0.4 is 10.8 Å². The molecule has 2 aliphatic rings. The average Bonchev–Trinajstić information content (AvgIpc) is 3.22. The van der Waals surface area contributed by atoms with Gasteiger partial charge in [-0.3, -0.25) is 14.9 Å². The molecule has 2 aromatic rings. The third-order valence-corrected chi connectivity index (χ3v) is 5.18. The van der Waals surface area contributed by atoms with Gasteiger partial charge < -0.3 is 4.90 Å². The Morgan fingerprint density at radius 3 is 2.61 bits per heavy atom. The molecule has 1 fully saturated rings. The third kappa shape index (κ3) is 2.92. The summed E-state index contributed by atoms with van der Waals surface area (Å²) in [6, 6.07) is 4.83. The standard InChI is InChI=1S/C18H15BF3N4O2/c1-19-10-2-3-12-13(4-10)17(8-18(17,21)22)9-26(15(12)28)7-14(27)25-16-23-5-11(20)6-24-16/h2-6H,7-9H2,1H3,(H,23,24,25,27). The molecule has 1 atom stereocenters. The Labute approximate surface area is 159 Å². The van der Waals surface area contributed by atoms with Crippen LogP contribution in [0.1, 0.15) is 22.3 Å². The summed E-state index contributed by atoms with van der Waals surface area (Å²) in [5.41, 5.74) is -0.202. The number of benzene rings is 1. The van der Waals surface area contributed by atoms with Crippen molar-refractivity contribution in [3.05, 3.63) is 47.5 Å². The fraction of sp³-hybridized carbons (Fsp3) is 0.333. The van der Waals surface area contributed by atoms with Gasteiger partial charge in [-0.15, -0.1) is 0 Å². The number of amides is 2. The lowest BCUT2D eigenvalue weighted by Crippen LogP contribution is -2.49. The molecule has 1 aromatic heterocycles. The van der Waals surface area contributed by atoms with Crippen LogP contribution in [0.15, 0.2) is 30.6 Å². The van der Waals surface area contributed by atoms with Gasteiger partial charge in [0.05, 0.1) is 17.8 Å². The minimum Gasteiger partial charge on any atom is -0.328 e. The fourth-order valence-corrected chi connectivity index (χ4v) is 3.62. The topological polar surface area (TPSA) is 75.2 Å². The maximum atomic E-state index is 14.3. The molecular weight excluding hydrogens is 372 g/mol. The number of anilines is 1. The van der Waals surface area contributed by atoms with Crippen molar-refractivity contribution in [1.29, 1.82) is 0 Å². The van der Waals surface area contributed by atoms with E-state index < -0.39 is 35.5 Å². The average molecular weight is 387 g/mol. The van der Waals surface area contributed by atoms with Crippen LogP contribution in [-0.4, -0.2) is 53.0 Å². The quantitative estimate of drug-likeness (QED) is 0.805. The second-order valence-corrected chi connectivity index (χ2v) is 6.99. The van der Waals surface area contributed by atoms with Crippen molar-refractivity contribution >= 4 is 30.5 Å². The van der Waals surface area contributed by atoms with Crippen LogP contribution in [-0.2, 0) is 10.2 Å². The van der Waals surface area contributed by atoms with E-state index in [1.807, 2.05) is 0 Å². The van der Waals surface area contributed by atoms with Crippen molar-refractivity contribution in [1.82, 2.24) is 14.9 Å². The Kier molecular flexibility index (Phi) is 4.17. The number of fused-ring (bicyclic) bond motifs is 2. The normalized spacial score (nSPS) is 22.0. The number of carbonyl (C=O) groups excluding carboxylic acids is 2. The number of rotatable bonds is 4. The first-order valence-corrected chi connectivity index (χ1v) is 8.64. The molecule has 2 amide bonds. The zero-order valence-electron chi connectivity index (χ0n) is 14.9. The zero-order chi connectivity index (χ0) is 20.1. The maximum Gasteiger partial charge on any atom is 0.260 e. The second kappa shape index (κ2) is 6.32. The minimum absolute atomic E-state index is 0.133. The summed E-state index contributed by atoms with van der Waals surface area (Å²) in [5.74, 6) is -4.88. The highest BCUT2D eigenvalue weighted by Gasteiger charge is 2.74.